The van der Waals surface area contributed by atoms with E-state index in [1.807, 2.05) is 36.4 Å². The molecule has 21 heavy (non-hydrogen) atoms. The van der Waals surface area contributed by atoms with Gasteiger partial charge >= 0.3 is 0 Å². The summed E-state index contributed by atoms with van der Waals surface area (Å²) >= 11 is 14.0. The number of benzene rings is 2. The predicted octanol–water partition coefficient (Wildman–Crippen LogP) is 5.70. The van der Waals surface area contributed by atoms with Crippen LogP contribution in [0, 0.1) is 0 Å². The van der Waals surface area contributed by atoms with Crippen molar-refractivity contribution in [2.45, 2.75) is 11.8 Å². The molecule has 0 aliphatic carbocycles. The van der Waals surface area contributed by atoms with E-state index in [-0.39, 0.29) is 0 Å². The monoisotopic (exact) mass is 444 g/mol. The maximum atomic E-state index is 5.92. The van der Waals surface area contributed by atoms with E-state index < -0.39 is 0 Å². The van der Waals surface area contributed by atoms with Gasteiger partial charge in [0.05, 0.1) is 5.69 Å². The van der Waals surface area contributed by atoms with Crippen molar-refractivity contribution in [2.24, 2.45) is 5.73 Å². The molecule has 0 amide bonds. The van der Waals surface area contributed by atoms with Crippen molar-refractivity contribution >= 4 is 72.2 Å². The second-order valence-electron chi connectivity index (χ2n) is 4.23. The summed E-state index contributed by atoms with van der Waals surface area (Å²) in [6, 6.07) is 12.0. The van der Waals surface area contributed by atoms with Crippen molar-refractivity contribution in [2.75, 3.05) is 11.1 Å². The summed E-state index contributed by atoms with van der Waals surface area (Å²) in [6.45, 7) is 2.11. The summed E-state index contributed by atoms with van der Waals surface area (Å²) in [4.78, 5) is 1.51. The molecule has 0 heterocycles. The molecular weight excluding hydrogens is 432 g/mol. The topological polar surface area (TPSA) is 38.0 Å². The molecule has 2 aromatic rings. The third-order valence-corrected chi connectivity index (χ3v) is 5.07. The molecule has 2 nitrogen and oxygen atoms in total. The number of nitrogens with one attached hydrogen (secondary N) is 1. The first kappa shape index (κ1) is 16.8. The Morgan fingerprint density at radius 3 is 2.62 bits per heavy atom. The van der Waals surface area contributed by atoms with E-state index in [1.165, 1.54) is 0 Å². The van der Waals surface area contributed by atoms with Crippen molar-refractivity contribution in [1.29, 1.82) is 0 Å². The molecule has 110 valence electrons. The van der Waals surface area contributed by atoms with Gasteiger partial charge in [-0.25, -0.2) is 0 Å². The lowest BCUT2D eigenvalue weighted by atomic mass is 10.1. The van der Waals surface area contributed by atoms with Crippen LogP contribution in [0.15, 0.2) is 50.2 Å². The standard InChI is InChI=1S/C15H14Br2N2S2/c1-2-21-13-5-3-4-12(14(13)15(18)20)19-11-7-6-9(16)8-10(11)17/h3-8,19H,2H2,1H3,(H2,18,20). The lowest BCUT2D eigenvalue weighted by molar-refractivity contribution is 1.37. The highest BCUT2D eigenvalue weighted by Gasteiger charge is 2.12. The summed E-state index contributed by atoms with van der Waals surface area (Å²) < 4.78 is 1.99. The Morgan fingerprint density at radius 1 is 1.24 bits per heavy atom. The molecule has 2 rings (SSSR count). The molecule has 0 aliphatic rings. The average molecular weight is 446 g/mol. The van der Waals surface area contributed by atoms with Crippen LogP contribution in [0.4, 0.5) is 11.4 Å². The van der Waals surface area contributed by atoms with Crippen LogP contribution < -0.4 is 11.1 Å². The molecular formula is C15H14Br2N2S2. The predicted molar refractivity (Wildman–Crippen MR) is 104 cm³/mol. The van der Waals surface area contributed by atoms with Gasteiger partial charge in [-0.05, 0) is 52.0 Å². The fourth-order valence-corrected chi connectivity index (χ4v) is 4.18. The summed E-state index contributed by atoms with van der Waals surface area (Å²) in [6.07, 6.45) is 0. The van der Waals surface area contributed by atoms with Crippen molar-refractivity contribution in [3.8, 4) is 0 Å². The van der Waals surface area contributed by atoms with E-state index in [1.54, 1.807) is 11.8 Å². The molecule has 6 heteroatoms. The van der Waals surface area contributed by atoms with Gasteiger partial charge in [0, 0.05) is 25.1 Å². The first-order chi connectivity index (χ1) is 10.0. The van der Waals surface area contributed by atoms with Gasteiger partial charge in [0.2, 0.25) is 0 Å². The minimum atomic E-state index is 0.405. The van der Waals surface area contributed by atoms with E-state index in [0.29, 0.717) is 4.99 Å². The molecule has 0 bridgehead atoms. The van der Waals surface area contributed by atoms with Crippen LogP contribution in [-0.2, 0) is 0 Å². The fraction of sp³-hybridized carbons (Fsp3) is 0.133. The molecule has 0 atom stereocenters. The van der Waals surface area contributed by atoms with Gasteiger partial charge in [-0.3, -0.25) is 0 Å². The Balaban J connectivity index is 2.43. The number of rotatable bonds is 5. The molecule has 0 saturated heterocycles. The highest BCUT2D eigenvalue weighted by atomic mass is 79.9. The second kappa shape index (κ2) is 7.63. The number of hydrogen-bond acceptors (Lipinski definition) is 3. The number of halogens is 2. The van der Waals surface area contributed by atoms with Crippen molar-refractivity contribution < 1.29 is 0 Å². The Kier molecular flexibility index (Phi) is 6.10. The fourth-order valence-electron chi connectivity index (χ4n) is 1.90. The van der Waals surface area contributed by atoms with Crippen molar-refractivity contribution in [3.63, 3.8) is 0 Å². The van der Waals surface area contributed by atoms with E-state index in [9.17, 15) is 0 Å². The Bertz CT molecular complexity index is 675. The normalized spacial score (nSPS) is 10.4. The smallest absolute Gasteiger partial charge is 0.107 e. The minimum absolute atomic E-state index is 0.405. The summed E-state index contributed by atoms with van der Waals surface area (Å²) in [5.74, 6) is 0.973. The molecule has 0 fully saturated rings. The highest BCUT2D eigenvalue weighted by molar-refractivity contribution is 9.11. The molecule has 0 saturated carbocycles. The van der Waals surface area contributed by atoms with Gasteiger partial charge in [-0.1, -0.05) is 41.1 Å². The lowest BCUT2D eigenvalue weighted by Crippen LogP contribution is -2.13. The van der Waals surface area contributed by atoms with Gasteiger partial charge < -0.3 is 11.1 Å². The van der Waals surface area contributed by atoms with Crippen LogP contribution in [0.5, 0.6) is 0 Å². The third kappa shape index (κ3) is 4.22. The number of thioether (sulfide) groups is 1. The summed E-state index contributed by atoms with van der Waals surface area (Å²) in [7, 11) is 0. The van der Waals surface area contributed by atoms with Crippen LogP contribution >= 0.6 is 55.8 Å². The number of thiocarbonyl (C=S) groups is 1. The molecule has 3 N–H and O–H groups in total. The van der Waals surface area contributed by atoms with E-state index >= 15 is 0 Å². The molecule has 0 aliphatic heterocycles. The largest absolute Gasteiger partial charge is 0.389 e. The van der Waals surface area contributed by atoms with E-state index in [0.717, 1.165) is 36.5 Å². The summed E-state index contributed by atoms with van der Waals surface area (Å²) in [5.41, 5.74) is 8.71. The first-order valence-electron chi connectivity index (χ1n) is 6.30. The number of anilines is 2. The first-order valence-corrected chi connectivity index (χ1v) is 9.28. The minimum Gasteiger partial charge on any atom is -0.389 e. The molecule has 0 spiro atoms. The van der Waals surface area contributed by atoms with Gasteiger partial charge in [0.15, 0.2) is 0 Å². The Morgan fingerprint density at radius 2 is 2.00 bits per heavy atom. The van der Waals surface area contributed by atoms with Crippen LogP contribution in [0.2, 0.25) is 0 Å². The maximum absolute atomic E-state index is 5.92. The maximum Gasteiger partial charge on any atom is 0.107 e. The zero-order valence-electron chi connectivity index (χ0n) is 11.3. The van der Waals surface area contributed by atoms with Gasteiger partial charge in [-0.2, -0.15) is 0 Å². The van der Waals surface area contributed by atoms with Crippen molar-refractivity contribution in [1.82, 2.24) is 0 Å². The van der Waals surface area contributed by atoms with Crippen LogP contribution in [0.25, 0.3) is 0 Å². The Labute approximate surface area is 151 Å². The quantitative estimate of drug-likeness (QED) is 0.457. The second-order valence-corrected chi connectivity index (χ2v) is 7.74. The molecule has 0 aromatic heterocycles. The van der Waals surface area contributed by atoms with Gasteiger partial charge in [-0.15, -0.1) is 11.8 Å². The Hall–Kier alpha value is -0.560. The zero-order chi connectivity index (χ0) is 15.4. The number of nitrogens with two attached hydrogens (primary N) is 1. The summed E-state index contributed by atoms with van der Waals surface area (Å²) in [5, 5.41) is 3.40. The van der Waals surface area contributed by atoms with Crippen molar-refractivity contribution in [3.05, 3.63) is 50.9 Å². The highest BCUT2D eigenvalue weighted by Crippen LogP contribution is 2.33. The zero-order valence-corrected chi connectivity index (χ0v) is 16.1. The molecule has 2 aromatic carbocycles. The van der Waals surface area contributed by atoms with Crippen LogP contribution in [0.3, 0.4) is 0 Å². The van der Waals surface area contributed by atoms with Crippen LogP contribution in [0.1, 0.15) is 12.5 Å². The number of hydrogen-bond donors (Lipinski definition) is 2. The third-order valence-electron chi connectivity index (χ3n) is 2.77. The average Bonchev–Trinajstić information content (AvgIpc) is 2.42. The molecule has 0 radical (unpaired) electrons. The van der Waals surface area contributed by atoms with Gasteiger partial charge in [0.1, 0.15) is 4.99 Å². The van der Waals surface area contributed by atoms with E-state index in [4.69, 9.17) is 18.0 Å². The molecule has 0 unspecified atom stereocenters. The lowest BCUT2D eigenvalue weighted by Gasteiger charge is -2.16. The van der Waals surface area contributed by atoms with E-state index in [2.05, 4.69) is 44.1 Å². The van der Waals surface area contributed by atoms with Crippen LogP contribution in [-0.4, -0.2) is 10.7 Å². The van der Waals surface area contributed by atoms with Gasteiger partial charge in [0.25, 0.3) is 0 Å². The SMILES string of the molecule is CCSc1cccc(Nc2ccc(Br)cc2Br)c1C(N)=S.